The molecule has 2 N–H and O–H groups in total. The summed E-state index contributed by atoms with van der Waals surface area (Å²) >= 11 is 1.74. The summed E-state index contributed by atoms with van der Waals surface area (Å²) in [7, 11) is 1.79. The molecule has 0 saturated heterocycles. The third kappa shape index (κ3) is 4.61. The Hall–Kier alpha value is -1.80. The number of ether oxygens (including phenoxy) is 1. The first-order valence-corrected chi connectivity index (χ1v) is 8.20. The number of thioether (sulfide) groups is 1. The third-order valence-electron chi connectivity index (χ3n) is 3.22. The van der Waals surface area contributed by atoms with Crippen LogP contribution in [0.2, 0.25) is 0 Å². The zero-order valence-corrected chi connectivity index (χ0v) is 13.1. The van der Waals surface area contributed by atoms with E-state index in [1.807, 2.05) is 18.2 Å². The zero-order valence-electron chi connectivity index (χ0n) is 12.3. The van der Waals surface area contributed by atoms with Gasteiger partial charge in [-0.15, -0.1) is 18.2 Å². The topological polar surface area (TPSA) is 45.7 Å². The lowest BCUT2D eigenvalue weighted by molar-refractivity contribution is 0.261. The molecule has 1 atom stereocenters. The van der Waals surface area contributed by atoms with E-state index in [-0.39, 0.29) is 6.04 Å². The fraction of sp³-hybridized carbons (Fsp3) is 0.438. The van der Waals surface area contributed by atoms with Crippen LogP contribution >= 0.6 is 11.8 Å². The van der Waals surface area contributed by atoms with E-state index < -0.39 is 0 Å². The fourth-order valence-corrected chi connectivity index (χ4v) is 2.73. The normalized spacial score (nSPS) is 17.3. The number of aliphatic imine (C=N–C) groups is 1. The van der Waals surface area contributed by atoms with Gasteiger partial charge in [-0.25, -0.2) is 0 Å². The van der Waals surface area contributed by atoms with Gasteiger partial charge < -0.3 is 15.4 Å². The Morgan fingerprint density at radius 3 is 3.19 bits per heavy atom. The first-order chi connectivity index (χ1) is 10.3. The second-order valence-electron chi connectivity index (χ2n) is 4.63. The summed E-state index contributed by atoms with van der Waals surface area (Å²) < 4.78 is 5.67. The van der Waals surface area contributed by atoms with Crippen molar-refractivity contribution in [2.24, 2.45) is 4.99 Å². The number of nitrogens with zero attached hydrogens (tertiary/aromatic N) is 1. The average molecular weight is 303 g/mol. The molecule has 0 aliphatic carbocycles. The predicted molar refractivity (Wildman–Crippen MR) is 90.0 cm³/mol. The maximum atomic E-state index is 5.67. The Balaban J connectivity index is 1.87. The maximum Gasteiger partial charge on any atom is 0.191 e. The maximum absolute atomic E-state index is 5.67. The molecule has 0 fully saturated rings. The molecule has 0 amide bonds. The summed E-state index contributed by atoms with van der Waals surface area (Å²) in [5, 5.41) is 6.78. The summed E-state index contributed by atoms with van der Waals surface area (Å²) in [6, 6.07) is 8.38. The molecule has 1 aliphatic heterocycles. The van der Waals surface area contributed by atoms with E-state index in [1.54, 1.807) is 18.8 Å². The molecule has 1 heterocycles. The standard InChI is InChI=1S/C16H21N3OS/c1-3-11-21-12-9-18-16(17-2)19-14-8-10-20-15-7-5-4-6-13(14)15/h1,4-7,14H,8-12H2,2H3,(H2,17,18,19). The largest absolute Gasteiger partial charge is 0.493 e. The van der Waals surface area contributed by atoms with Crippen LogP contribution in [0, 0.1) is 12.3 Å². The number of nitrogens with one attached hydrogen (secondary N) is 2. The lowest BCUT2D eigenvalue weighted by atomic mass is 10.0. The Morgan fingerprint density at radius 2 is 2.38 bits per heavy atom. The summed E-state index contributed by atoms with van der Waals surface area (Å²) in [5.74, 6) is 6.12. The van der Waals surface area contributed by atoms with E-state index in [1.165, 1.54) is 5.56 Å². The molecule has 2 rings (SSSR count). The van der Waals surface area contributed by atoms with Crippen LogP contribution in [0.3, 0.4) is 0 Å². The van der Waals surface area contributed by atoms with Crippen LogP contribution < -0.4 is 15.4 Å². The van der Waals surface area contributed by atoms with Gasteiger partial charge in [0.25, 0.3) is 0 Å². The molecule has 5 heteroatoms. The van der Waals surface area contributed by atoms with Gasteiger partial charge in [-0.1, -0.05) is 24.1 Å². The van der Waals surface area contributed by atoms with Crippen molar-refractivity contribution in [1.29, 1.82) is 0 Å². The Labute approximate surface area is 130 Å². The summed E-state index contributed by atoms with van der Waals surface area (Å²) in [5.41, 5.74) is 1.19. The Kier molecular flexibility index (Phi) is 6.29. The molecule has 112 valence electrons. The van der Waals surface area contributed by atoms with E-state index in [0.29, 0.717) is 0 Å². The smallest absolute Gasteiger partial charge is 0.191 e. The summed E-state index contributed by atoms with van der Waals surface area (Å²) in [6.07, 6.45) is 6.16. The molecule has 0 saturated carbocycles. The monoisotopic (exact) mass is 303 g/mol. The van der Waals surface area contributed by atoms with Crippen molar-refractivity contribution in [3.8, 4) is 18.1 Å². The number of hydrogen-bond donors (Lipinski definition) is 2. The van der Waals surface area contributed by atoms with Crippen LogP contribution in [-0.4, -0.2) is 37.7 Å². The van der Waals surface area contributed by atoms with Gasteiger partial charge in [-0.2, -0.15) is 0 Å². The molecule has 4 nitrogen and oxygen atoms in total. The second-order valence-corrected chi connectivity index (χ2v) is 5.73. The van der Waals surface area contributed by atoms with Gasteiger partial charge in [0.2, 0.25) is 0 Å². The van der Waals surface area contributed by atoms with Gasteiger partial charge in [0.1, 0.15) is 5.75 Å². The van der Waals surface area contributed by atoms with Crippen LogP contribution in [0.15, 0.2) is 29.3 Å². The SMILES string of the molecule is C#CCSCCNC(=NC)NC1CCOc2ccccc21. The van der Waals surface area contributed by atoms with Gasteiger partial charge in [0.05, 0.1) is 18.4 Å². The Bertz CT molecular complexity index is 524. The van der Waals surface area contributed by atoms with E-state index >= 15 is 0 Å². The average Bonchev–Trinajstić information content (AvgIpc) is 2.53. The summed E-state index contributed by atoms with van der Waals surface area (Å²) in [4.78, 5) is 4.28. The minimum atomic E-state index is 0.236. The molecule has 1 unspecified atom stereocenters. The van der Waals surface area contributed by atoms with Crippen molar-refractivity contribution in [2.45, 2.75) is 12.5 Å². The van der Waals surface area contributed by atoms with Gasteiger partial charge in [0, 0.05) is 31.3 Å². The highest BCUT2D eigenvalue weighted by Crippen LogP contribution is 2.31. The van der Waals surface area contributed by atoms with E-state index in [2.05, 4.69) is 27.6 Å². The van der Waals surface area contributed by atoms with Crippen molar-refractivity contribution in [3.05, 3.63) is 29.8 Å². The second kappa shape index (κ2) is 8.48. The molecule has 0 aromatic heterocycles. The molecule has 0 spiro atoms. The fourth-order valence-electron chi connectivity index (χ4n) is 2.22. The minimum Gasteiger partial charge on any atom is -0.493 e. The van der Waals surface area contributed by atoms with Crippen LogP contribution in [0.1, 0.15) is 18.0 Å². The number of guanidine groups is 1. The number of benzene rings is 1. The first kappa shape index (κ1) is 15.6. The van der Waals surface area contributed by atoms with Crippen molar-refractivity contribution < 1.29 is 4.74 Å². The predicted octanol–water partition coefficient (Wildman–Crippen LogP) is 2.04. The lowest BCUT2D eigenvalue weighted by Crippen LogP contribution is -2.41. The van der Waals surface area contributed by atoms with Crippen molar-refractivity contribution in [2.75, 3.05) is 31.7 Å². The third-order valence-corrected chi connectivity index (χ3v) is 4.08. The number of fused-ring (bicyclic) bond motifs is 1. The van der Waals surface area contributed by atoms with Crippen molar-refractivity contribution >= 4 is 17.7 Å². The molecule has 0 bridgehead atoms. The number of hydrogen-bond acceptors (Lipinski definition) is 3. The summed E-state index contributed by atoms with van der Waals surface area (Å²) in [6.45, 7) is 1.57. The molecule has 21 heavy (non-hydrogen) atoms. The van der Waals surface area contributed by atoms with Gasteiger partial charge in [-0.3, -0.25) is 4.99 Å². The Morgan fingerprint density at radius 1 is 1.52 bits per heavy atom. The molecule has 1 aromatic carbocycles. The van der Waals surface area contributed by atoms with E-state index in [9.17, 15) is 0 Å². The highest BCUT2D eigenvalue weighted by molar-refractivity contribution is 7.99. The highest BCUT2D eigenvalue weighted by Gasteiger charge is 2.21. The zero-order chi connectivity index (χ0) is 14.9. The molecule has 1 aliphatic rings. The van der Waals surface area contributed by atoms with Gasteiger partial charge in [-0.05, 0) is 6.07 Å². The van der Waals surface area contributed by atoms with Crippen LogP contribution in [0.4, 0.5) is 0 Å². The molecule has 0 radical (unpaired) electrons. The number of terminal acetylenes is 1. The van der Waals surface area contributed by atoms with Crippen molar-refractivity contribution in [3.63, 3.8) is 0 Å². The van der Waals surface area contributed by atoms with E-state index in [4.69, 9.17) is 11.2 Å². The van der Waals surface area contributed by atoms with E-state index in [0.717, 1.165) is 42.8 Å². The van der Waals surface area contributed by atoms with Gasteiger partial charge >= 0.3 is 0 Å². The molecular weight excluding hydrogens is 282 g/mol. The molecule has 1 aromatic rings. The van der Waals surface area contributed by atoms with Crippen LogP contribution in [0.25, 0.3) is 0 Å². The first-order valence-electron chi connectivity index (χ1n) is 7.05. The highest BCUT2D eigenvalue weighted by atomic mass is 32.2. The van der Waals surface area contributed by atoms with Gasteiger partial charge in [0.15, 0.2) is 5.96 Å². The quantitative estimate of drug-likeness (QED) is 0.378. The number of para-hydroxylation sites is 1. The van der Waals surface area contributed by atoms with Crippen LogP contribution in [0.5, 0.6) is 5.75 Å². The molecular formula is C16H21N3OS. The van der Waals surface area contributed by atoms with Crippen LogP contribution in [-0.2, 0) is 0 Å². The number of rotatable bonds is 5. The van der Waals surface area contributed by atoms with Crippen molar-refractivity contribution in [1.82, 2.24) is 10.6 Å². The minimum absolute atomic E-state index is 0.236. The lowest BCUT2D eigenvalue weighted by Gasteiger charge is -2.28.